The molecule has 22 heavy (non-hydrogen) atoms. The summed E-state index contributed by atoms with van der Waals surface area (Å²) in [6.45, 7) is 4.38. The van der Waals surface area contributed by atoms with Crippen molar-refractivity contribution in [2.45, 2.75) is 26.3 Å². The van der Waals surface area contributed by atoms with E-state index in [9.17, 15) is 9.59 Å². The summed E-state index contributed by atoms with van der Waals surface area (Å²) >= 11 is 5.81. The highest BCUT2D eigenvalue weighted by molar-refractivity contribution is 6.29. The molecular weight excluding hydrogens is 304 g/mol. The summed E-state index contributed by atoms with van der Waals surface area (Å²) in [5.41, 5.74) is 2.16. The Balaban J connectivity index is 1.72. The smallest absolute Gasteiger partial charge is 0.229 e. The van der Waals surface area contributed by atoms with Gasteiger partial charge in [0, 0.05) is 24.7 Å². The number of nitrogens with one attached hydrogen (secondary N) is 2. The van der Waals surface area contributed by atoms with Crippen molar-refractivity contribution in [1.29, 1.82) is 0 Å². The number of likely N-dealkylation sites (tertiary alicyclic amines) is 1. The van der Waals surface area contributed by atoms with Gasteiger partial charge in [0.15, 0.2) is 0 Å². The van der Waals surface area contributed by atoms with Crippen molar-refractivity contribution in [2.75, 3.05) is 11.9 Å². The van der Waals surface area contributed by atoms with Crippen molar-refractivity contribution in [1.82, 2.24) is 14.9 Å². The first kappa shape index (κ1) is 14.8. The Morgan fingerprint density at radius 2 is 2.27 bits per heavy atom. The number of aromatic amines is 1. The number of rotatable bonds is 3. The predicted octanol–water partition coefficient (Wildman–Crippen LogP) is 2.41. The SMILES string of the molecule is CC(C)N1CC(C(=O)Nc2ccc3nc(Cl)[nH]c3c2)CC1=O. The molecule has 0 radical (unpaired) electrons. The molecule has 3 rings (SSSR count). The molecule has 6 nitrogen and oxygen atoms in total. The van der Waals surface area contributed by atoms with E-state index in [2.05, 4.69) is 15.3 Å². The van der Waals surface area contributed by atoms with E-state index < -0.39 is 0 Å². The summed E-state index contributed by atoms with van der Waals surface area (Å²) < 4.78 is 0. The second-order valence-corrected chi connectivity index (χ2v) is 6.15. The van der Waals surface area contributed by atoms with Crippen LogP contribution in [0.1, 0.15) is 20.3 Å². The third-order valence-electron chi connectivity index (χ3n) is 3.87. The van der Waals surface area contributed by atoms with Gasteiger partial charge in [0.25, 0.3) is 0 Å². The van der Waals surface area contributed by atoms with Gasteiger partial charge < -0.3 is 15.2 Å². The Kier molecular flexibility index (Phi) is 3.78. The maximum atomic E-state index is 12.3. The highest BCUT2D eigenvalue weighted by atomic mass is 35.5. The molecular formula is C15H17ClN4O2. The zero-order chi connectivity index (χ0) is 15.9. The van der Waals surface area contributed by atoms with Gasteiger partial charge in [0.1, 0.15) is 0 Å². The van der Waals surface area contributed by atoms with Gasteiger partial charge in [-0.2, -0.15) is 0 Å². The van der Waals surface area contributed by atoms with Crippen LogP contribution in [0.5, 0.6) is 0 Å². The maximum Gasteiger partial charge on any atom is 0.229 e. The van der Waals surface area contributed by atoms with Crippen molar-refractivity contribution < 1.29 is 9.59 Å². The van der Waals surface area contributed by atoms with Crippen molar-refractivity contribution in [3.63, 3.8) is 0 Å². The van der Waals surface area contributed by atoms with Gasteiger partial charge in [-0.3, -0.25) is 9.59 Å². The van der Waals surface area contributed by atoms with E-state index >= 15 is 0 Å². The highest BCUT2D eigenvalue weighted by Crippen LogP contribution is 2.23. The van der Waals surface area contributed by atoms with Crippen LogP contribution in [0.15, 0.2) is 18.2 Å². The number of imidazole rings is 1. The van der Waals surface area contributed by atoms with Gasteiger partial charge in [-0.1, -0.05) is 0 Å². The first-order valence-corrected chi connectivity index (χ1v) is 7.57. The first-order chi connectivity index (χ1) is 10.4. The Bertz CT molecular complexity index is 740. The largest absolute Gasteiger partial charge is 0.339 e. The van der Waals surface area contributed by atoms with E-state index in [0.717, 1.165) is 11.0 Å². The van der Waals surface area contributed by atoms with Gasteiger partial charge in [-0.05, 0) is 43.6 Å². The molecule has 2 heterocycles. The zero-order valence-corrected chi connectivity index (χ0v) is 13.1. The highest BCUT2D eigenvalue weighted by Gasteiger charge is 2.35. The molecule has 2 aromatic rings. The number of nitrogens with zero attached hydrogens (tertiary/aromatic N) is 2. The van der Waals surface area contributed by atoms with Crippen LogP contribution in [0, 0.1) is 5.92 Å². The number of anilines is 1. The van der Waals surface area contributed by atoms with Crippen LogP contribution in [-0.4, -0.2) is 39.3 Å². The predicted molar refractivity (Wildman–Crippen MR) is 84.7 cm³/mol. The van der Waals surface area contributed by atoms with Crippen LogP contribution in [0.3, 0.4) is 0 Å². The standard InChI is InChI=1S/C15H17ClN4O2/c1-8(2)20-7-9(5-13(20)21)14(22)17-10-3-4-11-12(6-10)19-15(16)18-11/h3-4,6,8-9H,5,7H2,1-2H3,(H,17,22)(H,18,19). The van der Waals surface area contributed by atoms with Gasteiger partial charge in [-0.25, -0.2) is 4.98 Å². The minimum atomic E-state index is -0.309. The second kappa shape index (κ2) is 5.61. The lowest BCUT2D eigenvalue weighted by atomic mass is 10.1. The summed E-state index contributed by atoms with van der Waals surface area (Å²) in [5, 5.41) is 3.17. The van der Waals surface area contributed by atoms with E-state index in [-0.39, 0.29) is 30.2 Å². The fourth-order valence-electron chi connectivity index (χ4n) is 2.71. The average Bonchev–Trinajstić information content (AvgIpc) is 3.00. The quantitative estimate of drug-likeness (QED) is 0.911. The molecule has 1 aliphatic rings. The number of halogens is 1. The Hall–Kier alpha value is -2.08. The minimum Gasteiger partial charge on any atom is -0.339 e. The van der Waals surface area contributed by atoms with Crippen LogP contribution >= 0.6 is 11.6 Å². The molecule has 2 N–H and O–H groups in total. The number of H-pyrrole nitrogens is 1. The van der Waals surface area contributed by atoms with Crippen molar-refractivity contribution >= 4 is 40.1 Å². The van der Waals surface area contributed by atoms with Crippen LogP contribution in [0.25, 0.3) is 11.0 Å². The van der Waals surface area contributed by atoms with Gasteiger partial charge in [0.2, 0.25) is 17.1 Å². The monoisotopic (exact) mass is 320 g/mol. The number of carbonyl (C=O) groups is 2. The molecule has 0 saturated carbocycles. The van der Waals surface area contributed by atoms with Gasteiger partial charge in [-0.15, -0.1) is 0 Å². The molecule has 1 aliphatic heterocycles. The van der Waals surface area contributed by atoms with Gasteiger partial charge in [0.05, 0.1) is 17.0 Å². The molecule has 0 bridgehead atoms. The van der Waals surface area contributed by atoms with Crippen LogP contribution in [-0.2, 0) is 9.59 Å². The Morgan fingerprint density at radius 3 is 2.95 bits per heavy atom. The third-order valence-corrected chi connectivity index (χ3v) is 4.05. The molecule has 1 unspecified atom stereocenters. The normalized spacial score (nSPS) is 18.5. The number of amides is 2. The topological polar surface area (TPSA) is 78.1 Å². The maximum absolute atomic E-state index is 12.3. The molecule has 1 fully saturated rings. The Labute approximate surface area is 132 Å². The van der Waals surface area contributed by atoms with Crippen LogP contribution < -0.4 is 5.32 Å². The molecule has 1 aromatic heterocycles. The lowest BCUT2D eigenvalue weighted by molar-refractivity contribution is -0.129. The van der Waals surface area contributed by atoms with E-state index in [0.29, 0.717) is 17.5 Å². The molecule has 0 spiro atoms. The minimum absolute atomic E-state index is 0.0333. The van der Waals surface area contributed by atoms with Crippen molar-refractivity contribution in [3.05, 3.63) is 23.5 Å². The van der Waals surface area contributed by atoms with E-state index in [4.69, 9.17) is 11.6 Å². The average molecular weight is 321 g/mol. The number of aromatic nitrogens is 2. The number of carbonyl (C=O) groups excluding carboxylic acids is 2. The molecule has 1 atom stereocenters. The van der Waals surface area contributed by atoms with Gasteiger partial charge >= 0.3 is 0 Å². The summed E-state index contributed by atoms with van der Waals surface area (Å²) in [5.74, 6) is -0.414. The lowest BCUT2D eigenvalue weighted by Crippen LogP contribution is -2.33. The number of fused-ring (bicyclic) bond motifs is 1. The number of hydrogen-bond donors (Lipinski definition) is 2. The zero-order valence-electron chi connectivity index (χ0n) is 12.4. The van der Waals surface area contributed by atoms with Crippen molar-refractivity contribution in [2.24, 2.45) is 5.92 Å². The molecule has 1 aromatic carbocycles. The molecule has 1 saturated heterocycles. The molecule has 116 valence electrons. The fraction of sp³-hybridized carbons (Fsp3) is 0.400. The Morgan fingerprint density at radius 1 is 1.50 bits per heavy atom. The van der Waals surface area contributed by atoms with E-state index in [1.807, 2.05) is 13.8 Å². The van der Waals surface area contributed by atoms with Crippen LogP contribution in [0.4, 0.5) is 5.69 Å². The van der Waals surface area contributed by atoms with E-state index in [1.54, 1.807) is 23.1 Å². The lowest BCUT2D eigenvalue weighted by Gasteiger charge is -2.20. The summed E-state index contributed by atoms with van der Waals surface area (Å²) in [6, 6.07) is 5.46. The molecule has 7 heteroatoms. The molecule has 2 amide bonds. The van der Waals surface area contributed by atoms with E-state index in [1.165, 1.54) is 0 Å². The molecule has 0 aliphatic carbocycles. The third kappa shape index (κ3) is 2.78. The van der Waals surface area contributed by atoms with Crippen molar-refractivity contribution in [3.8, 4) is 0 Å². The summed E-state index contributed by atoms with van der Waals surface area (Å²) in [7, 11) is 0. The number of hydrogen-bond acceptors (Lipinski definition) is 3. The first-order valence-electron chi connectivity index (χ1n) is 7.19. The summed E-state index contributed by atoms with van der Waals surface area (Å²) in [6.07, 6.45) is 0.266. The van der Waals surface area contributed by atoms with Crippen LogP contribution in [0.2, 0.25) is 5.28 Å². The second-order valence-electron chi connectivity index (χ2n) is 5.79. The fourth-order valence-corrected chi connectivity index (χ4v) is 2.90. The number of benzene rings is 1. The summed E-state index contributed by atoms with van der Waals surface area (Å²) in [4.78, 5) is 33.0.